The first-order valence-electron chi connectivity index (χ1n) is 8.96. The van der Waals surface area contributed by atoms with E-state index in [9.17, 15) is 4.79 Å². The summed E-state index contributed by atoms with van der Waals surface area (Å²) in [4.78, 5) is 18.9. The number of nitrogens with zero attached hydrogens (tertiary/aromatic N) is 2. The van der Waals surface area contributed by atoms with E-state index >= 15 is 0 Å². The van der Waals surface area contributed by atoms with E-state index in [2.05, 4.69) is 17.2 Å². The zero-order valence-electron chi connectivity index (χ0n) is 15.4. The van der Waals surface area contributed by atoms with Gasteiger partial charge in [0.25, 0.3) is 0 Å². The maximum absolute atomic E-state index is 12.4. The first kappa shape index (κ1) is 17.7. The van der Waals surface area contributed by atoms with Crippen molar-refractivity contribution in [2.24, 2.45) is 4.99 Å². The van der Waals surface area contributed by atoms with Crippen LogP contribution < -0.4 is 14.8 Å². The van der Waals surface area contributed by atoms with Gasteiger partial charge in [-0.1, -0.05) is 13.0 Å². The Morgan fingerprint density at radius 2 is 2.16 bits per heavy atom. The normalized spacial score (nSPS) is 29.1. The summed E-state index contributed by atoms with van der Waals surface area (Å²) in [6.45, 7) is 6.02. The number of methoxy groups -OCH3 is 1. The number of ether oxygens (including phenoxy) is 2. The molecule has 1 N–H and O–H groups in total. The highest BCUT2D eigenvalue weighted by Gasteiger charge is 2.39. The minimum absolute atomic E-state index is 0.0427. The Morgan fingerprint density at radius 3 is 2.80 bits per heavy atom. The standard InChI is InChI=1S/C19H27N3O3/c1-5-17-21-13(3)19(23)22(17)14-7-9-18(20-11-14)25-16-10-15(24-4)8-6-12(16)2/h6,8,10-11,13-14,17-18,21H,5,7,9H2,1-4H3/t13-,14?,17?,18?/m1/s1. The summed E-state index contributed by atoms with van der Waals surface area (Å²) in [5.41, 5.74) is 1.05. The third kappa shape index (κ3) is 3.63. The topological polar surface area (TPSA) is 63.2 Å². The third-order valence-electron chi connectivity index (χ3n) is 4.94. The number of carbonyl (C=O) groups is 1. The molecule has 25 heavy (non-hydrogen) atoms. The van der Waals surface area contributed by atoms with Crippen LogP contribution in [-0.2, 0) is 4.79 Å². The number of aliphatic imine (C=N–C) groups is 1. The van der Waals surface area contributed by atoms with Gasteiger partial charge in [0, 0.05) is 18.7 Å². The van der Waals surface area contributed by atoms with Crippen molar-refractivity contribution in [3.8, 4) is 11.5 Å². The smallest absolute Gasteiger partial charge is 0.241 e. The number of aryl methyl sites for hydroxylation is 1. The Morgan fingerprint density at radius 1 is 1.36 bits per heavy atom. The molecule has 0 aromatic heterocycles. The van der Waals surface area contributed by atoms with E-state index in [1.54, 1.807) is 7.11 Å². The van der Waals surface area contributed by atoms with Gasteiger partial charge in [-0.15, -0.1) is 0 Å². The Labute approximate surface area is 149 Å². The van der Waals surface area contributed by atoms with Gasteiger partial charge in [0.15, 0.2) is 6.23 Å². The number of hydrogen-bond acceptors (Lipinski definition) is 5. The maximum atomic E-state index is 12.4. The summed E-state index contributed by atoms with van der Waals surface area (Å²) in [5.74, 6) is 1.72. The van der Waals surface area contributed by atoms with E-state index in [1.807, 2.05) is 43.2 Å². The molecule has 3 unspecified atom stereocenters. The molecule has 4 atom stereocenters. The highest BCUT2D eigenvalue weighted by atomic mass is 16.5. The van der Waals surface area contributed by atoms with Gasteiger partial charge in [-0.05, 0) is 38.3 Å². The monoisotopic (exact) mass is 345 g/mol. The molecule has 6 nitrogen and oxygen atoms in total. The molecule has 0 saturated carbocycles. The molecular weight excluding hydrogens is 318 g/mol. The third-order valence-corrected chi connectivity index (χ3v) is 4.94. The average molecular weight is 345 g/mol. The number of carbonyl (C=O) groups excluding carboxylic acids is 1. The van der Waals surface area contributed by atoms with Gasteiger partial charge in [-0.25, -0.2) is 0 Å². The molecule has 6 heteroatoms. The minimum atomic E-state index is -0.217. The largest absolute Gasteiger partial charge is 0.497 e. The van der Waals surface area contributed by atoms with Crippen molar-refractivity contribution in [2.75, 3.05) is 7.11 Å². The van der Waals surface area contributed by atoms with E-state index in [4.69, 9.17) is 9.47 Å². The molecule has 1 saturated heterocycles. The van der Waals surface area contributed by atoms with Gasteiger partial charge in [0.05, 0.1) is 25.4 Å². The number of hydrogen-bond donors (Lipinski definition) is 1. The van der Waals surface area contributed by atoms with Crippen molar-refractivity contribution in [2.45, 2.75) is 64.5 Å². The molecule has 2 aliphatic rings. The number of benzene rings is 1. The molecule has 1 aromatic rings. The predicted molar refractivity (Wildman–Crippen MR) is 97.2 cm³/mol. The minimum Gasteiger partial charge on any atom is -0.497 e. The van der Waals surface area contributed by atoms with Gasteiger partial charge in [0.1, 0.15) is 11.5 Å². The first-order chi connectivity index (χ1) is 12.0. The average Bonchev–Trinajstić information content (AvgIpc) is 2.92. The van der Waals surface area contributed by atoms with Crippen molar-refractivity contribution >= 4 is 12.1 Å². The van der Waals surface area contributed by atoms with Gasteiger partial charge >= 0.3 is 0 Å². The second-order valence-electron chi connectivity index (χ2n) is 6.70. The van der Waals surface area contributed by atoms with E-state index in [1.165, 1.54) is 0 Å². The molecule has 0 bridgehead atoms. The van der Waals surface area contributed by atoms with Crippen LogP contribution in [-0.4, -0.2) is 48.6 Å². The van der Waals surface area contributed by atoms with Gasteiger partial charge in [-0.3, -0.25) is 15.1 Å². The summed E-state index contributed by atoms with van der Waals surface area (Å²) in [6, 6.07) is 5.71. The summed E-state index contributed by atoms with van der Waals surface area (Å²) < 4.78 is 11.3. The molecule has 136 valence electrons. The van der Waals surface area contributed by atoms with Crippen LogP contribution in [0.4, 0.5) is 0 Å². The highest BCUT2D eigenvalue weighted by molar-refractivity contribution is 5.87. The fourth-order valence-corrected chi connectivity index (χ4v) is 3.47. The van der Waals surface area contributed by atoms with E-state index in [-0.39, 0.29) is 30.4 Å². The van der Waals surface area contributed by atoms with Gasteiger partial charge < -0.3 is 14.4 Å². The lowest BCUT2D eigenvalue weighted by Crippen LogP contribution is -2.47. The molecule has 0 aliphatic carbocycles. The lowest BCUT2D eigenvalue weighted by atomic mass is 10.1. The van der Waals surface area contributed by atoms with Crippen molar-refractivity contribution in [3.05, 3.63) is 23.8 Å². The SMILES string of the molecule is CCC1N[C@H](C)C(=O)N1C1C=NC(Oc2cc(OC)ccc2C)CC1. The second kappa shape index (κ2) is 7.44. The summed E-state index contributed by atoms with van der Waals surface area (Å²) >= 11 is 0. The van der Waals surface area contributed by atoms with E-state index in [0.29, 0.717) is 0 Å². The molecule has 0 spiro atoms. The first-order valence-corrected chi connectivity index (χ1v) is 8.96. The molecule has 1 aromatic carbocycles. The van der Waals surface area contributed by atoms with Crippen LogP contribution in [0.3, 0.4) is 0 Å². The summed E-state index contributed by atoms with van der Waals surface area (Å²) in [7, 11) is 1.64. The zero-order valence-corrected chi connectivity index (χ0v) is 15.4. The van der Waals surface area contributed by atoms with E-state index < -0.39 is 0 Å². The Kier molecular flexibility index (Phi) is 5.27. The molecular formula is C19H27N3O3. The molecule has 1 fully saturated rings. The fourth-order valence-electron chi connectivity index (χ4n) is 3.47. The maximum Gasteiger partial charge on any atom is 0.241 e. The lowest BCUT2D eigenvalue weighted by molar-refractivity contribution is -0.131. The highest BCUT2D eigenvalue weighted by Crippen LogP contribution is 2.28. The number of rotatable bonds is 5. The van der Waals surface area contributed by atoms with Crippen molar-refractivity contribution < 1.29 is 14.3 Å². The van der Waals surface area contributed by atoms with Crippen molar-refractivity contribution in [3.63, 3.8) is 0 Å². The zero-order chi connectivity index (χ0) is 18.0. The predicted octanol–water partition coefficient (Wildman–Crippen LogP) is 2.50. The van der Waals surface area contributed by atoms with Crippen molar-refractivity contribution in [1.82, 2.24) is 10.2 Å². The van der Waals surface area contributed by atoms with Crippen LogP contribution in [0.25, 0.3) is 0 Å². The van der Waals surface area contributed by atoms with Crippen LogP contribution in [0, 0.1) is 6.92 Å². The van der Waals surface area contributed by atoms with Crippen LogP contribution >= 0.6 is 0 Å². The molecule has 1 amide bonds. The van der Waals surface area contributed by atoms with E-state index in [0.717, 1.165) is 36.3 Å². The van der Waals surface area contributed by atoms with Gasteiger partial charge in [0.2, 0.25) is 5.91 Å². The Balaban J connectivity index is 1.68. The quantitative estimate of drug-likeness (QED) is 0.891. The van der Waals surface area contributed by atoms with Crippen molar-refractivity contribution in [1.29, 1.82) is 0 Å². The molecule has 2 heterocycles. The second-order valence-corrected chi connectivity index (χ2v) is 6.70. The number of nitrogens with one attached hydrogen (secondary N) is 1. The van der Waals surface area contributed by atoms with Crippen LogP contribution in [0.5, 0.6) is 11.5 Å². The Bertz CT molecular complexity index is 661. The fraction of sp³-hybridized carbons (Fsp3) is 0.579. The lowest BCUT2D eigenvalue weighted by Gasteiger charge is -2.33. The van der Waals surface area contributed by atoms with Crippen LogP contribution in [0.15, 0.2) is 23.2 Å². The Hall–Kier alpha value is -2.08. The molecule has 3 rings (SSSR count). The van der Waals surface area contributed by atoms with Crippen LogP contribution in [0.2, 0.25) is 0 Å². The number of amides is 1. The van der Waals surface area contributed by atoms with Gasteiger partial charge in [-0.2, -0.15) is 0 Å². The molecule has 0 radical (unpaired) electrons. The molecule has 2 aliphatic heterocycles. The van der Waals surface area contributed by atoms with Crippen LogP contribution in [0.1, 0.15) is 38.7 Å². The summed E-state index contributed by atoms with van der Waals surface area (Å²) in [5, 5.41) is 3.34. The summed E-state index contributed by atoms with van der Waals surface area (Å²) in [6.07, 6.45) is 4.29.